The zero-order valence-corrected chi connectivity index (χ0v) is 18.0. The Hall–Kier alpha value is -0.499. The van der Waals surface area contributed by atoms with Crippen LogP contribution in [-0.4, -0.2) is 9.52 Å². The second kappa shape index (κ2) is 11.1. The minimum Gasteiger partial charge on any atom is -0.358 e. The molecule has 0 saturated heterocycles. The van der Waals surface area contributed by atoms with E-state index in [1.54, 1.807) is 21.9 Å². The van der Waals surface area contributed by atoms with Crippen LogP contribution in [0.1, 0.15) is 40.7 Å². The summed E-state index contributed by atoms with van der Waals surface area (Å²) in [7, 11) is 0.915. The maximum Gasteiger partial charge on any atom is 4.00 e. The molecule has 2 heteroatoms. The topological polar surface area (TPSA) is 0 Å². The smallest absolute Gasteiger partial charge is 0.358 e. The summed E-state index contributed by atoms with van der Waals surface area (Å²) in [4.78, 5) is 0. The Kier molecular flexibility index (Phi) is 12.0. The number of rotatable bonds is 3. The number of benzene rings is 1. The Morgan fingerprint density at radius 2 is 1.70 bits per heavy atom. The molecule has 0 fully saturated rings. The van der Waals surface area contributed by atoms with Crippen LogP contribution in [-0.2, 0) is 40.6 Å². The van der Waals surface area contributed by atoms with Gasteiger partial charge in [0, 0.05) is 0 Å². The van der Waals surface area contributed by atoms with Gasteiger partial charge in [-0.25, -0.2) is 6.07 Å². The summed E-state index contributed by atoms with van der Waals surface area (Å²) in [6, 6.07) is 12.7. The summed E-state index contributed by atoms with van der Waals surface area (Å²) < 4.78 is 0. The van der Waals surface area contributed by atoms with Crippen LogP contribution in [0.5, 0.6) is 0 Å². The molecule has 2 radical (unpaired) electrons. The maximum absolute atomic E-state index is 2.38. The van der Waals surface area contributed by atoms with E-state index in [-0.39, 0.29) is 44.0 Å². The molecule has 0 N–H and O–H groups in total. The van der Waals surface area contributed by atoms with Gasteiger partial charge in [0.25, 0.3) is 0 Å². The molecule has 1 aliphatic carbocycles. The molecule has 0 amide bonds. The zero-order valence-electron chi connectivity index (χ0n) is 15.4. The van der Waals surface area contributed by atoms with Crippen LogP contribution in [0.2, 0.25) is 0 Å². The van der Waals surface area contributed by atoms with Gasteiger partial charge in [0.1, 0.15) is 0 Å². The van der Waals surface area contributed by atoms with E-state index in [0.717, 1.165) is 9.52 Å². The number of hydrogen-bond acceptors (Lipinski definition) is 0. The molecule has 0 saturated carbocycles. The van der Waals surface area contributed by atoms with Gasteiger partial charge in [-0.05, 0) is 25.0 Å². The van der Waals surface area contributed by atoms with Crippen molar-refractivity contribution in [3.8, 4) is 0 Å². The van der Waals surface area contributed by atoms with Crippen LogP contribution in [0, 0.1) is 36.1 Å². The maximum atomic E-state index is 2.38. The number of fused-ring (bicyclic) bond motifs is 1. The standard InChI is InChI=1S/C18H21Si.3CH3.Ti/c1-13-6-5-9-18(14(13)2)19-12-16-11-10-15-7-3-4-8-17(15)16;;;;/h5-6,9-11H,3-4,7-8,12H2,1-2H3;3*1H3;/q4*-1;+4. The third-order valence-electron chi connectivity index (χ3n) is 4.46. The van der Waals surface area contributed by atoms with Gasteiger partial charge in [-0.3, -0.25) is 0 Å². The van der Waals surface area contributed by atoms with Gasteiger partial charge in [-0.1, -0.05) is 55.1 Å². The molecule has 1 aliphatic rings. The molecule has 2 aromatic carbocycles. The summed E-state index contributed by atoms with van der Waals surface area (Å²) in [5, 5.41) is 1.55. The molecule has 0 aliphatic heterocycles. The second-order valence-electron chi connectivity index (χ2n) is 5.67. The molecule has 0 spiro atoms. The summed E-state index contributed by atoms with van der Waals surface area (Å²) in [6.07, 6.45) is 5.39. The molecule has 122 valence electrons. The van der Waals surface area contributed by atoms with Gasteiger partial charge in [-0.2, -0.15) is 22.8 Å². The van der Waals surface area contributed by atoms with Gasteiger partial charge in [0.2, 0.25) is 0 Å². The van der Waals surface area contributed by atoms with Crippen LogP contribution in [0.4, 0.5) is 0 Å². The first-order valence-electron chi connectivity index (χ1n) is 7.32. The molecule has 0 bridgehead atoms. The van der Waals surface area contributed by atoms with E-state index >= 15 is 0 Å². The molecule has 2 aromatic rings. The van der Waals surface area contributed by atoms with Crippen LogP contribution >= 0.6 is 0 Å². The Morgan fingerprint density at radius 1 is 1.00 bits per heavy atom. The summed E-state index contributed by atoms with van der Waals surface area (Å²) in [6.45, 7) is 4.48. The molecule has 0 aromatic heterocycles. The molecule has 0 atom stereocenters. The molecule has 3 rings (SSSR count). The van der Waals surface area contributed by atoms with Gasteiger partial charge in [0.05, 0.1) is 9.52 Å². The molecule has 0 nitrogen and oxygen atoms in total. The van der Waals surface area contributed by atoms with E-state index in [4.69, 9.17) is 0 Å². The van der Waals surface area contributed by atoms with E-state index < -0.39 is 0 Å². The Balaban J connectivity index is 0. The predicted molar refractivity (Wildman–Crippen MR) is 103 cm³/mol. The molecular weight excluding hydrogens is 328 g/mol. The third-order valence-corrected chi connectivity index (χ3v) is 5.94. The van der Waals surface area contributed by atoms with E-state index in [2.05, 4.69) is 44.2 Å². The Morgan fingerprint density at radius 3 is 2.43 bits per heavy atom. The van der Waals surface area contributed by atoms with Gasteiger partial charge < -0.3 is 22.3 Å². The predicted octanol–water partition coefficient (Wildman–Crippen LogP) is 4.78. The summed E-state index contributed by atoms with van der Waals surface area (Å²) in [5.74, 6) is 0. The first-order chi connectivity index (χ1) is 9.25. The van der Waals surface area contributed by atoms with Crippen molar-refractivity contribution in [1.82, 2.24) is 0 Å². The fourth-order valence-corrected chi connectivity index (χ4v) is 4.47. The van der Waals surface area contributed by atoms with E-state index in [9.17, 15) is 0 Å². The SMILES string of the molecule is Cc1cccc([Si]C[c-]2ccc3c2CCCC3)c1C.[CH3-].[CH3-].[CH3-].[Ti+4]. The molecule has 0 heterocycles. The van der Waals surface area contributed by atoms with Crippen molar-refractivity contribution in [2.24, 2.45) is 0 Å². The van der Waals surface area contributed by atoms with Crippen molar-refractivity contribution in [3.63, 3.8) is 0 Å². The average molecular weight is 358 g/mol. The zero-order chi connectivity index (χ0) is 13.2. The van der Waals surface area contributed by atoms with Crippen molar-refractivity contribution in [1.29, 1.82) is 0 Å². The third kappa shape index (κ3) is 5.52. The number of hydrogen-bond donors (Lipinski definition) is 0. The van der Waals surface area contributed by atoms with E-state index in [1.807, 2.05) is 0 Å². The second-order valence-corrected chi connectivity index (χ2v) is 6.92. The van der Waals surface area contributed by atoms with Gasteiger partial charge in [-0.15, -0.1) is 0 Å². The normalized spacial score (nSPS) is 11.9. The Bertz CT molecular complexity index is 584. The largest absolute Gasteiger partial charge is 4.00 e. The van der Waals surface area contributed by atoms with E-state index in [0.29, 0.717) is 0 Å². The molecule has 23 heavy (non-hydrogen) atoms. The van der Waals surface area contributed by atoms with Crippen molar-refractivity contribution in [3.05, 3.63) is 80.4 Å². The van der Waals surface area contributed by atoms with Crippen molar-refractivity contribution < 1.29 is 21.7 Å². The van der Waals surface area contributed by atoms with Crippen LogP contribution in [0.3, 0.4) is 0 Å². The summed E-state index contributed by atoms with van der Waals surface area (Å²) in [5.41, 5.74) is 7.85. The minimum absolute atomic E-state index is 0. The first kappa shape index (κ1) is 24.7. The fourth-order valence-electron chi connectivity index (χ4n) is 3.08. The van der Waals surface area contributed by atoms with Crippen LogP contribution < -0.4 is 5.19 Å². The van der Waals surface area contributed by atoms with Crippen LogP contribution in [0.15, 0.2) is 30.3 Å². The quantitative estimate of drug-likeness (QED) is 0.547. The molecule has 0 unspecified atom stereocenters. The monoisotopic (exact) mass is 358 g/mol. The average Bonchev–Trinajstić information content (AvgIpc) is 2.84. The van der Waals surface area contributed by atoms with Crippen molar-refractivity contribution >= 4 is 14.7 Å². The number of aryl methyl sites for hydroxylation is 2. The first-order valence-corrected chi connectivity index (χ1v) is 8.53. The fraction of sp³-hybridized carbons (Fsp3) is 0.333. The van der Waals surface area contributed by atoms with E-state index in [1.165, 1.54) is 42.9 Å². The van der Waals surface area contributed by atoms with Gasteiger partial charge >= 0.3 is 21.7 Å². The van der Waals surface area contributed by atoms with Crippen LogP contribution in [0.25, 0.3) is 0 Å². The summed E-state index contributed by atoms with van der Waals surface area (Å²) >= 11 is 0. The van der Waals surface area contributed by atoms with Crippen molar-refractivity contribution in [2.75, 3.05) is 0 Å². The Labute approximate surface area is 162 Å². The van der Waals surface area contributed by atoms with Gasteiger partial charge in [0.15, 0.2) is 0 Å². The molecular formula is C21H30SiTi. The minimum atomic E-state index is 0. The van der Waals surface area contributed by atoms with Crippen molar-refractivity contribution in [2.45, 2.75) is 45.6 Å².